The first-order valence-corrected chi connectivity index (χ1v) is 8.71. The summed E-state index contributed by atoms with van der Waals surface area (Å²) in [5, 5.41) is 14.7. The fourth-order valence-electron chi connectivity index (χ4n) is 2.87. The maximum atomic E-state index is 12.6. The van der Waals surface area contributed by atoms with Crippen LogP contribution >= 0.6 is 0 Å². The lowest BCUT2D eigenvalue weighted by Crippen LogP contribution is -2.55. The Hall–Kier alpha value is -2.43. The number of ether oxygens (including phenoxy) is 1. The number of nitrogens with zero attached hydrogens (tertiary/aromatic N) is 3. The molecule has 0 aliphatic carbocycles. The largest absolute Gasteiger partial charge is 0.464 e. The van der Waals surface area contributed by atoms with Crippen LogP contribution in [0.1, 0.15) is 39.5 Å². The Kier molecular flexibility index (Phi) is 8.76. The summed E-state index contributed by atoms with van der Waals surface area (Å²) >= 11 is 0. The Balaban J connectivity index is 2.54. The van der Waals surface area contributed by atoms with Crippen LogP contribution in [-0.2, 0) is 14.3 Å². The van der Waals surface area contributed by atoms with E-state index in [9.17, 15) is 19.7 Å². The molecule has 0 aromatic carbocycles. The van der Waals surface area contributed by atoms with Gasteiger partial charge in [0.15, 0.2) is 5.03 Å². The van der Waals surface area contributed by atoms with Crippen molar-refractivity contribution in [2.75, 3.05) is 19.7 Å². The second-order valence-corrected chi connectivity index (χ2v) is 6.33. The summed E-state index contributed by atoms with van der Waals surface area (Å²) in [4.78, 5) is 36.5. The maximum Gasteiger partial charge on any atom is 0.328 e. The van der Waals surface area contributed by atoms with E-state index >= 15 is 0 Å². The minimum Gasteiger partial charge on any atom is -0.464 e. The van der Waals surface area contributed by atoms with E-state index in [4.69, 9.17) is 16.2 Å². The third kappa shape index (κ3) is 6.82. The van der Waals surface area contributed by atoms with Gasteiger partial charge in [0.25, 0.3) is 5.96 Å². The van der Waals surface area contributed by atoms with E-state index in [2.05, 4.69) is 10.4 Å². The molecule has 1 fully saturated rings. The van der Waals surface area contributed by atoms with Crippen LogP contribution < -0.4 is 16.8 Å². The SMILES string of the molecule is CCOC(=O)[C@@H]1C[C@H](C)CCN1C(=O)[C@H](N)CCCN/C(N)=N\[N+](=O)[O-]. The molecule has 5 N–H and O–H groups in total. The fraction of sp³-hybridized carbons (Fsp3) is 0.800. The molecular formula is C15H28N6O5. The number of carbonyl (C=O) groups excluding carboxylic acids is 2. The number of carbonyl (C=O) groups is 2. The highest BCUT2D eigenvalue weighted by atomic mass is 16.7. The lowest BCUT2D eigenvalue weighted by Gasteiger charge is -2.38. The van der Waals surface area contributed by atoms with Gasteiger partial charge in [-0.3, -0.25) is 4.79 Å². The molecule has 0 radical (unpaired) electrons. The number of hydrogen-bond donors (Lipinski definition) is 3. The normalized spacial score (nSPS) is 21.8. The van der Waals surface area contributed by atoms with Crippen LogP contribution in [0.4, 0.5) is 0 Å². The van der Waals surface area contributed by atoms with E-state index < -0.39 is 23.1 Å². The van der Waals surface area contributed by atoms with Gasteiger partial charge in [-0.25, -0.2) is 14.9 Å². The predicted molar refractivity (Wildman–Crippen MR) is 94.4 cm³/mol. The third-order valence-electron chi connectivity index (χ3n) is 4.21. The molecule has 0 unspecified atom stereocenters. The molecule has 1 aliphatic rings. The van der Waals surface area contributed by atoms with E-state index in [0.717, 1.165) is 6.42 Å². The summed E-state index contributed by atoms with van der Waals surface area (Å²) in [6.07, 6.45) is 2.19. The van der Waals surface area contributed by atoms with Crippen molar-refractivity contribution in [3.05, 3.63) is 10.1 Å². The molecule has 0 spiro atoms. The number of hydrogen-bond acceptors (Lipinski definition) is 6. The van der Waals surface area contributed by atoms with Gasteiger partial charge in [-0.2, -0.15) is 0 Å². The van der Waals surface area contributed by atoms with Crippen molar-refractivity contribution in [2.45, 2.75) is 51.6 Å². The second kappa shape index (κ2) is 10.5. The van der Waals surface area contributed by atoms with Crippen molar-refractivity contribution in [1.29, 1.82) is 0 Å². The summed E-state index contributed by atoms with van der Waals surface area (Å²) in [7, 11) is 0. The molecule has 1 amide bonds. The molecule has 11 heteroatoms. The summed E-state index contributed by atoms with van der Waals surface area (Å²) in [6.45, 7) is 4.79. The molecular weight excluding hydrogens is 344 g/mol. The molecule has 1 rings (SSSR count). The molecule has 26 heavy (non-hydrogen) atoms. The molecule has 0 aromatic rings. The van der Waals surface area contributed by atoms with Gasteiger partial charge in [-0.1, -0.05) is 6.92 Å². The monoisotopic (exact) mass is 372 g/mol. The van der Waals surface area contributed by atoms with Crippen LogP contribution in [-0.4, -0.2) is 59.5 Å². The number of esters is 1. The quantitative estimate of drug-likeness (QED) is 0.127. The van der Waals surface area contributed by atoms with Crippen molar-refractivity contribution in [3.63, 3.8) is 0 Å². The zero-order valence-corrected chi connectivity index (χ0v) is 15.2. The molecule has 1 saturated heterocycles. The number of nitrogens with two attached hydrogens (primary N) is 2. The van der Waals surface area contributed by atoms with Gasteiger partial charge in [-0.15, -0.1) is 0 Å². The highest BCUT2D eigenvalue weighted by Crippen LogP contribution is 2.24. The highest BCUT2D eigenvalue weighted by molar-refractivity contribution is 5.87. The first-order chi connectivity index (χ1) is 12.3. The van der Waals surface area contributed by atoms with Crippen LogP contribution in [0.5, 0.6) is 0 Å². The van der Waals surface area contributed by atoms with E-state index in [-0.39, 0.29) is 18.5 Å². The predicted octanol–water partition coefficient (Wildman–Crippen LogP) is -0.620. The molecule has 3 atom stereocenters. The summed E-state index contributed by atoms with van der Waals surface area (Å²) in [6, 6.07) is -1.37. The zero-order valence-electron chi connectivity index (χ0n) is 15.2. The Bertz CT molecular complexity index is 541. The van der Waals surface area contributed by atoms with Crippen molar-refractivity contribution in [3.8, 4) is 0 Å². The van der Waals surface area contributed by atoms with Gasteiger partial charge < -0.3 is 26.4 Å². The van der Waals surface area contributed by atoms with E-state index in [0.29, 0.717) is 38.3 Å². The average Bonchev–Trinajstić information content (AvgIpc) is 2.57. The van der Waals surface area contributed by atoms with Gasteiger partial charge in [0.1, 0.15) is 11.1 Å². The number of nitrogens with one attached hydrogen (secondary N) is 1. The van der Waals surface area contributed by atoms with Crippen molar-refractivity contribution >= 4 is 17.8 Å². The Morgan fingerprint density at radius 3 is 2.81 bits per heavy atom. The molecule has 11 nitrogen and oxygen atoms in total. The molecule has 0 saturated carbocycles. The van der Waals surface area contributed by atoms with E-state index in [1.165, 1.54) is 4.90 Å². The van der Waals surface area contributed by atoms with Gasteiger partial charge in [-0.05, 0) is 38.5 Å². The van der Waals surface area contributed by atoms with Gasteiger partial charge in [0, 0.05) is 13.1 Å². The molecule has 148 valence electrons. The number of likely N-dealkylation sites (tertiary alicyclic amines) is 1. The molecule has 1 heterocycles. The van der Waals surface area contributed by atoms with Gasteiger partial charge in [0.05, 0.1) is 12.6 Å². The number of guanidine groups is 1. The van der Waals surface area contributed by atoms with Crippen LogP contribution in [0.3, 0.4) is 0 Å². The van der Waals surface area contributed by atoms with E-state index in [1.54, 1.807) is 6.92 Å². The van der Waals surface area contributed by atoms with Crippen LogP contribution in [0.15, 0.2) is 5.10 Å². The fourth-order valence-corrected chi connectivity index (χ4v) is 2.87. The number of rotatable bonds is 8. The van der Waals surface area contributed by atoms with Crippen LogP contribution in [0.25, 0.3) is 0 Å². The first kappa shape index (κ1) is 21.6. The molecule has 1 aliphatic heterocycles. The second-order valence-electron chi connectivity index (χ2n) is 6.33. The molecule has 0 bridgehead atoms. The average molecular weight is 372 g/mol. The van der Waals surface area contributed by atoms with Crippen LogP contribution in [0, 0.1) is 16.0 Å². The van der Waals surface area contributed by atoms with Gasteiger partial charge >= 0.3 is 5.97 Å². The lowest BCUT2D eigenvalue weighted by atomic mass is 9.91. The van der Waals surface area contributed by atoms with Crippen molar-refractivity contribution < 1.29 is 19.4 Å². The first-order valence-electron chi connectivity index (χ1n) is 8.71. The summed E-state index contributed by atoms with van der Waals surface area (Å²) in [5.74, 6) is -0.660. The van der Waals surface area contributed by atoms with Crippen molar-refractivity contribution in [2.24, 2.45) is 22.5 Å². The highest BCUT2D eigenvalue weighted by Gasteiger charge is 2.37. The topological polar surface area (TPSA) is 166 Å². The molecule has 0 aromatic heterocycles. The third-order valence-corrected chi connectivity index (χ3v) is 4.21. The van der Waals surface area contributed by atoms with Gasteiger partial charge in [0.2, 0.25) is 5.91 Å². The number of hydrazone groups is 1. The minimum absolute atomic E-state index is 0.261. The number of piperidine rings is 1. The van der Waals surface area contributed by atoms with Crippen LogP contribution in [0.2, 0.25) is 0 Å². The number of nitro groups is 1. The maximum absolute atomic E-state index is 12.6. The number of amides is 1. The Morgan fingerprint density at radius 2 is 2.19 bits per heavy atom. The smallest absolute Gasteiger partial charge is 0.328 e. The standard InChI is InChI=1S/C15H28N6O5/c1-3-26-14(23)12-9-10(2)6-8-20(12)13(22)11(16)5-4-7-18-15(17)19-21(24)25/h10-12H,3-9,16H2,1-2H3,(H3,17,18,19)/t10-,11-,12+/m1/s1. The van der Waals surface area contributed by atoms with Crippen molar-refractivity contribution in [1.82, 2.24) is 10.2 Å². The minimum atomic E-state index is -0.898. The summed E-state index contributed by atoms with van der Waals surface area (Å²) in [5.41, 5.74) is 11.3. The Labute approximate surface area is 152 Å². The Morgan fingerprint density at radius 1 is 1.50 bits per heavy atom. The van der Waals surface area contributed by atoms with E-state index in [1.807, 2.05) is 6.92 Å². The lowest BCUT2D eigenvalue weighted by molar-refractivity contribution is -0.485. The zero-order chi connectivity index (χ0) is 19.7. The summed E-state index contributed by atoms with van der Waals surface area (Å²) < 4.78 is 5.08.